The van der Waals surface area contributed by atoms with Crippen LogP contribution in [-0.2, 0) is 10.2 Å². The summed E-state index contributed by atoms with van der Waals surface area (Å²) in [5.41, 5.74) is 0.539. The summed E-state index contributed by atoms with van der Waals surface area (Å²) in [7, 11) is -3.70. The minimum absolute atomic E-state index is 0.539. The van der Waals surface area contributed by atoms with Crippen molar-refractivity contribution in [2.75, 3.05) is 0 Å². The van der Waals surface area contributed by atoms with E-state index in [0.29, 0.717) is 5.52 Å². The Hall–Kier alpha value is -1.40. The highest BCUT2D eigenvalue weighted by Gasteiger charge is 2.08. The van der Waals surface area contributed by atoms with Crippen LogP contribution in [0.25, 0.3) is 10.9 Å². The largest absolute Gasteiger partial charge is 0.302 e. The van der Waals surface area contributed by atoms with Crippen molar-refractivity contribution in [3.63, 3.8) is 0 Å². The number of aromatic nitrogens is 2. The van der Waals surface area contributed by atoms with Crippen molar-refractivity contribution in [1.29, 1.82) is 0 Å². The van der Waals surface area contributed by atoms with Crippen LogP contribution >= 0.6 is 0 Å². The van der Waals surface area contributed by atoms with Crippen molar-refractivity contribution >= 4 is 21.1 Å². The van der Waals surface area contributed by atoms with Crippen molar-refractivity contribution < 1.29 is 8.42 Å². The second kappa shape index (κ2) is 2.54. The van der Waals surface area contributed by atoms with Gasteiger partial charge in [-0.3, -0.25) is 4.98 Å². The van der Waals surface area contributed by atoms with E-state index in [1.807, 2.05) is 0 Å². The van der Waals surface area contributed by atoms with Crippen LogP contribution in [0.15, 0.2) is 30.7 Å². The van der Waals surface area contributed by atoms with E-state index in [1.54, 1.807) is 18.3 Å². The molecule has 2 aromatic rings. The summed E-state index contributed by atoms with van der Waals surface area (Å²) in [6, 6.07) is 3.24. The van der Waals surface area contributed by atoms with Gasteiger partial charge in [0, 0.05) is 24.0 Å². The summed E-state index contributed by atoms with van der Waals surface area (Å²) in [5.74, 6) is 0. The molecule has 0 radical (unpaired) electrons. The highest BCUT2D eigenvalue weighted by atomic mass is 32.2. The van der Waals surface area contributed by atoms with Crippen molar-refractivity contribution in [1.82, 2.24) is 8.96 Å². The van der Waals surface area contributed by atoms with Crippen LogP contribution < -0.4 is 5.14 Å². The van der Waals surface area contributed by atoms with E-state index >= 15 is 0 Å². The molecule has 0 atom stereocenters. The average Bonchev–Trinajstić information content (AvgIpc) is 2.45. The Kier molecular flexibility index (Phi) is 1.61. The van der Waals surface area contributed by atoms with Gasteiger partial charge in [0.1, 0.15) is 0 Å². The lowest BCUT2D eigenvalue weighted by atomic mass is 10.3. The molecule has 0 aliphatic rings. The molecule has 0 saturated heterocycles. The number of nitrogens with zero attached hydrogens (tertiary/aromatic N) is 2. The number of fused-ring (bicyclic) bond motifs is 1. The predicted octanol–water partition coefficient (Wildman–Crippen LogP) is 0.0879. The van der Waals surface area contributed by atoms with Crippen LogP contribution in [0.2, 0.25) is 0 Å². The van der Waals surface area contributed by atoms with Crippen molar-refractivity contribution in [3.05, 3.63) is 30.7 Å². The number of pyridine rings is 1. The maximum Gasteiger partial charge on any atom is 0.302 e. The summed E-state index contributed by atoms with van der Waals surface area (Å²) in [5, 5.41) is 5.73. The summed E-state index contributed by atoms with van der Waals surface area (Å²) in [6.07, 6.45) is 4.50. The SMILES string of the molecule is NS(=O)(=O)n1ccc2cnccc21. The van der Waals surface area contributed by atoms with Gasteiger partial charge in [-0.25, -0.2) is 9.11 Å². The van der Waals surface area contributed by atoms with Crippen LogP contribution in [0.3, 0.4) is 0 Å². The fourth-order valence-corrected chi connectivity index (χ4v) is 1.85. The van der Waals surface area contributed by atoms with E-state index in [-0.39, 0.29) is 0 Å². The van der Waals surface area contributed by atoms with E-state index in [4.69, 9.17) is 5.14 Å². The molecule has 0 unspecified atom stereocenters. The molecule has 0 aliphatic heterocycles. The lowest BCUT2D eigenvalue weighted by Gasteiger charge is -1.99. The average molecular weight is 197 g/mol. The standard InChI is InChI=1S/C7H7N3O2S/c8-13(11,12)10-4-2-6-5-9-3-1-7(6)10/h1-5H,(H2,8,11,12). The minimum Gasteiger partial charge on any atom is -0.264 e. The Morgan fingerprint density at radius 1 is 1.38 bits per heavy atom. The molecule has 0 bridgehead atoms. The van der Waals surface area contributed by atoms with Gasteiger partial charge in [-0.05, 0) is 12.1 Å². The first-order chi connectivity index (χ1) is 6.09. The molecule has 2 aromatic heterocycles. The van der Waals surface area contributed by atoms with Gasteiger partial charge in [-0.2, -0.15) is 8.42 Å². The molecule has 5 nitrogen and oxygen atoms in total. The maximum atomic E-state index is 11.0. The Bertz CT molecular complexity index is 544. The summed E-state index contributed by atoms with van der Waals surface area (Å²) >= 11 is 0. The highest BCUT2D eigenvalue weighted by Crippen LogP contribution is 2.14. The quantitative estimate of drug-likeness (QED) is 0.703. The van der Waals surface area contributed by atoms with Crippen LogP contribution in [0.4, 0.5) is 0 Å². The number of hydrogen-bond acceptors (Lipinski definition) is 3. The second-order valence-corrected chi connectivity index (χ2v) is 4.01. The molecule has 2 heterocycles. The molecule has 68 valence electrons. The molecule has 0 aromatic carbocycles. The van der Waals surface area contributed by atoms with E-state index in [2.05, 4.69) is 4.98 Å². The molecule has 0 aliphatic carbocycles. The maximum absolute atomic E-state index is 11.0. The zero-order chi connectivity index (χ0) is 9.47. The smallest absolute Gasteiger partial charge is 0.264 e. The van der Waals surface area contributed by atoms with E-state index in [1.165, 1.54) is 12.4 Å². The van der Waals surface area contributed by atoms with Gasteiger partial charge in [0.15, 0.2) is 0 Å². The molecule has 0 amide bonds. The summed E-state index contributed by atoms with van der Waals surface area (Å²) in [4.78, 5) is 3.86. The van der Waals surface area contributed by atoms with Gasteiger partial charge in [0.05, 0.1) is 5.52 Å². The summed E-state index contributed by atoms with van der Waals surface area (Å²) in [6.45, 7) is 0. The summed E-state index contributed by atoms with van der Waals surface area (Å²) < 4.78 is 23.1. The highest BCUT2D eigenvalue weighted by molar-refractivity contribution is 7.87. The number of hydrogen-bond donors (Lipinski definition) is 1. The van der Waals surface area contributed by atoms with Gasteiger partial charge in [-0.15, -0.1) is 0 Å². The van der Waals surface area contributed by atoms with Gasteiger partial charge >= 0.3 is 10.2 Å². The fourth-order valence-electron chi connectivity index (χ4n) is 1.18. The lowest BCUT2D eigenvalue weighted by Crippen LogP contribution is -2.20. The van der Waals surface area contributed by atoms with Gasteiger partial charge in [0.2, 0.25) is 0 Å². The second-order valence-electron chi connectivity index (χ2n) is 2.59. The monoisotopic (exact) mass is 197 g/mol. The molecule has 13 heavy (non-hydrogen) atoms. The Morgan fingerprint density at radius 3 is 2.85 bits per heavy atom. The van der Waals surface area contributed by atoms with Crippen LogP contribution in [0, 0.1) is 0 Å². The molecule has 0 fully saturated rings. The molecule has 0 spiro atoms. The Morgan fingerprint density at radius 2 is 2.15 bits per heavy atom. The van der Waals surface area contributed by atoms with E-state index < -0.39 is 10.2 Å². The molecular weight excluding hydrogens is 190 g/mol. The fraction of sp³-hybridized carbons (Fsp3) is 0. The minimum atomic E-state index is -3.70. The molecule has 2 N–H and O–H groups in total. The zero-order valence-corrected chi connectivity index (χ0v) is 7.40. The van der Waals surface area contributed by atoms with E-state index in [9.17, 15) is 8.42 Å². The third kappa shape index (κ3) is 1.30. The van der Waals surface area contributed by atoms with E-state index in [0.717, 1.165) is 9.36 Å². The van der Waals surface area contributed by atoms with Crippen molar-refractivity contribution in [3.8, 4) is 0 Å². The zero-order valence-electron chi connectivity index (χ0n) is 6.58. The first kappa shape index (κ1) is 8.21. The third-order valence-corrected chi connectivity index (χ3v) is 2.60. The molecule has 6 heteroatoms. The normalized spacial score (nSPS) is 12.1. The number of nitrogens with two attached hydrogens (primary N) is 1. The first-order valence-corrected chi connectivity index (χ1v) is 5.04. The number of rotatable bonds is 1. The Labute approximate surface area is 75.0 Å². The molecular formula is C7H7N3O2S. The Balaban J connectivity index is 2.87. The third-order valence-electron chi connectivity index (χ3n) is 1.73. The van der Waals surface area contributed by atoms with Crippen molar-refractivity contribution in [2.24, 2.45) is 5.14 Å². The lowest BCUT2D eigenvalue weighted by molar-refractivity contribution is 0.591. The van der Waals surface area contributed by atoms with Crippen LogP contribution in [-0.4, -0.2) is 17.4 Å². The first-order valence-electron chi connectivity index (χ1n) is 3.53. The van der Waals surface area contributed by atoms with Gasteiger partial charge < -0.3 is 0 Å². The van der Waals surface area contributed by atoms with Crippen LogP contribution in [0.1, 0.15) is 0 Å². The predicted molar refractivity (Wildman–Crippen MR) is 48.2 cm³/mol. The molecule has 0 saturated carbocycles. The van der Waals surface area contributed by atoms with Gasteiger partial charge in [0.25, 0.3) is 0 Å². The molecule has 2 rings (SSSR count). The topological polar surface area (TPSA) is 78.0 Å². The van der Waals surface area contributed by atoms with Crippen molar-refractivity contribution in [2.45, 2.75) is 0 Å². The van der Waals surface area contributed by atoms with Crippen LogP contribution in [0.5, 0.6) is 0 Å². The van der Waals surface area contributed by atoms with Gasteiger partial charge in [-0.1, -0.05) is 0 Å².